The summed E-state index contributed by atoms with van der Waals surface area (Å²) in [5.41, 5.74) is 4.14. The molecule has 0 bridgehead atoms. The van der Waals surface area contributed by atoms with Crippen molar-refractivity contribution in [3.8, 4) is 22.7 Å². The first-order chi connectivity index (χ1) is 13.2. The Bertz CT molecular complexity index is 866. The van der Waals surface area contributed by atoms with E-state index in [1.54, 1.807) is 0 Å². The number of aliphatic carboxylic acids is 1. The number of hydrogen-bond donors (Lipinski definition) is 1. The Morgan fingerprint density at radius 2 is 1.74 bits per heavy atom. The van der Waals surface area contributed by atoms with Crippen molar-refractivity contribution >= 4 is 5.97 Å². The van der Waals surface area contributed by atoms with Crippen LogP contribution < -0.4 is 4.74 Å². The number of unbranched alkanes of at least 4 members (excludes halogenated alkanes) is 1. The lowest BCUT2D eigenvalue weighted by Crippen LogP contribution is -2.05. The van der Waals surface area contributed by atoms with Crippen LogP contribution in [0.2, 0.25) is 0 Å². The lowest BCUT2D eigenvalue weighted by molar-refractivity contribution is -0.136. The molecule has 0 saturated carbocycles. The fourth-order valence-electron chi connectivity index (χ4n) is 3.07. The predicted molar refractivity (Wildman–Crippen MR) is 108 cm³/mol. The summed E-state index contributed by atoms with van der Waals surface area (Å²) < 4.78 is 7.89. The van der Waals surface area contributed by atoms with Crippen LogP contribution >= 0.6 is 0 Å². The summed E-state index contributed by atoms with van der Waals surface area (Å²) in [5, 5.41) is 9.07. The van der Waals surface area contributed by atoms with Crippen LogP contribution in [0.4, 0.5) is 0 Å². The van der Waals surface area contributed by atoms with Gasteiger partial charge in [-0.2, -0.15) is 0 Å². The molecule has 3 aromatic rings. The van der Waals surface area contributed by atoms with E-state index in [0.29, 0.717) is 6.42 Å². The molecule has 0 aliphatic carbocycles. The van der Waals surface area contributed by atoms with Gasteiger partial charge in [-0.05, 0) is 54.8 Å². The van der Waals surface area contributed by atoms with Crippen LogP contribution in [0.15, 0.2) is 66.7 Å². The Hall–Kier alpha value is -3.01. The van der Waals surface area contributed by atoms with Gasteiger partial charge in [0.15, 0.2) is 0 Å². The number of benzene rings is 2. The lowest BCUT2D eigenvalue weighted by Gasteiger charge is -2.15. The number of carboxylic acids is 1. The molecule has 4 nitrogen and oxygen atoms in total. The minimum Gasteiger partial charge on any atom is -0.494 e. The zero-order valence-electron chi connectivity index (χ0n) is 15.6. The second-order valence-corrected chi connectivity index (χ2v) is 6.50. The predicted octanol–water partition coefficient (Wildman–Crippen LogP) is 5.34. The molecule has 0 saturated heterocycles. The molecule has 3 rings (SSSR count). The zero-order valence-corrected chi connectivity index (χ0v) is 15.6. The highest BCUT2D eigenvalue weighted by Crippen LogP contribution is 2.28. The van der Waals surface area contributed by atoms with Gasteiger partial charge in [-0.1, -0.05) is 43.7 Å². The number of ether oxygens (including phenoxy) is 1. The third-order valence-electron chi connectivity index (χ3n) is 4.49. The fourth-order valence-corrected chi connectivity index (χ4v) is 3.07. The molecule has 1 heterocycles. The van der Waals surface area contributed by atoms with E-state index in [1.165, 1.54) is 0 Å². The number of hydrogen-bond acceptors (Lipinski definition) is 2. The van der Waals surface area contributed by atoms with Crippen molar-refractivity contribution in [2.45, 2.75) is 32.6 Å². The molecule has 1 aromatic heterocycles. The van der Waals surface area contributed by atoms with Gasteiger partial charge in [0.05, 0.1) is 18.7 Å². The fraction of sp³-hybridized carbons (Fsp3) is 0.261. The van der Waals surface area contributed by atoms with E-state index in [1.807, 2.05) is 48.5 Å². The molecule has 0 fully saturated rings. The van der Waals surface area contributed by atoms with Gasteiger partial charge >= 0.3 is 5.97 Å². The molecule has 27 heavy (non-hydrogen) atoms. The summed E-state index contributed by atoms with van der Waals surface area (Å²) in [5.74, 6) is 0.0661. The van der Waals surface area contributed by atoms with E-state index >= 15 is 0 Å². The molecule has 0 unspecified atom stereocenters. The Morgan fingerprint density at radius 3 is 2.41 bits per heavy atom. The third-order valence-corrected chi connectivity index (χ3v) is 4.49. The van der Waals surface area contributed by atoms with Gasteiger partial charge in [0.25, 0.3) is 0 Å². The zero-order chi connectivity index (χ0) is 19.1. The Balaban J connectivity index is 1.93. The van der Waals surface area contributed by atoms with Crippen molar-refractivity contribution < 1.29 is 14.6 Å². The number of aromatic nitrogens is 1. The van der Waals surface area contributed by atoms with Gasteiger partial charge in [0.1, 0.15) is 5.75 Å². The number of aryl methyl sites for hydroxylation is 1. The highest BCUT2D eigenvalue weighted by molar-refractivity contribution is 5.68. The quantitative estimate of drug-likeness (QED) is 0.522. The van der Waals surface area contributed by atoms with Crippen LogP contribution in [0.25, 0.3) is 16.9 Å². The molecule has 0 aliphatic heterocycles. The first-order valence-electron chi connectivity index (χ1n) is 9.40. The topological polar surface area (TPSA) is 51.5 Å². The largest absolute Gasteiger partial charge is 0.494 e. The molecule has 0 spiro atoms. The average Bonchev–Trinajstić information content (AvgIpc) is 3.12. The number of nitrogens with zero attached hydrogens (tertiary/aromatic N) is 1. The van der Waals surface area contributed by atoms with Gasteiger partial charge in [0.2, 0.25) is 0 Å². The van der Waals surface area contributed by atoms with Gasteiger partial charge in [0, 0.05) is 11.4 Å². The molecule has 140 valence electrons. The van der Waals surface area contributed by atoms with Crippen LogP contribution in [0.3, 0.4) is 0 Å². The second-order valence-electron chi connectivity index (χ2n) is 6.50. The Morgan fingerprint density at radius 1 is 1.00 bits per heavy atom. The monoisotopic (exact) mass is 363 g/mol. The van der Waals surface area contributed by atoms with E-state index in [9.17, 15) is 4.79 Å². The maximum atomic E-state index is 11.0. The van der Waals surface area contributed by atoms with E-state index in [4.69, 9.17) is 9.84 Å². The standard InChI is InChI=1S/C23H25NO3/c1-2-3-17-27-21-13-9-19(10-14-21)24-20(12-16-23(25)26)11-15-22(24)18-7-5-4-6-8-18/h4-11,13-15H,2-3,12,16-17H2,1H3,(H,25,26). The Labute approximate surface area is 160 Å². The van der Waals surface area contributed by atoms with E-state index < -0.39 is 5.97 Å². The normalized spacial score (nSPS) is 10.7. The maximum absolute atomic E-state index is 11.0. The Kier molecular flexibility index (Phi) is 6.31. The van der Waals surface area contributed by atoms with Crippen molar-refractivity contribution in [2.75, 3.05) is 6.61 Å². The van der Waals surface area contributed by atoms with Crippen LogP contribution in [0, 0.1) is 0 Å². The van der Waals surface area contributed by atoms with Gasteiger partial charge in [-0.15, -0.1) is 0 Å². The first kappa shape index (κ1) is 18.8. The maximum Gasteiger partial charge on any atom is 0.303 e. The minimum absolute atomic E-state index is 0.108. The first-order valence-corrected chi connectivity index (χ1v) is 9.40. The summed E-state index contributed by atoms with van der Waals surface area (Å²) in [7, 11) is 0. The van der Waals surface area contributed by atoms with Crippen LogP contribution in [0.5, 0.6) is 5.75 Å². The molecule has 0 atom stereocenters. The highest BCUT2D eigenvalue weighted by Gasteiger charge is 2.13. The van der Waals surface area contributed by atoms with Crippen molar-refractivity contribution in [3.63, 3.8) is 0 Å². The van der Waals surface area contributed by atoms with Gasteiger partial charge < -0.3 is 14.4 Å². The van der Waals surface area contributed by atoms with E-state index in [2.05, 4.69) is 29.7 Å². The molecule has 0 aliphatic rings. The summed E-state index contributed by atoms with van der Waals surface area (Å²) in [6.45, 7) is 2.86. The molecule has 2 aromatic carbocycles. The van der Waals surface area contributed by atoms with Gasteiger partial charge in [-0.25, -0.2) is 0 Å². The summed E-state index contributed by atoms with van der Waals surface area (Å²) >= 11 is 0. The highest BCUT2D eigenvalue weighted by atomic mass is 16.5. The molecule has 4 heteroatoms. The van der Waals surface area contributed by atoms with Crippen molar-refractivity contribution in [3.05, 3.63) is 72.4 Å². The van der Waals surface area contributed by atoms with Crippen LogP contribution in [-0.4, -0.2) is 22.2 Å². The average molecular weight is 363 g/mol. The van der Waals surface area contributed by atoms with Crippen molar-refractivity contribution in [1.82, 2.24) is 4.57 Å². The van der Waals surface area contributed by atoms with Crippen molar-refractivity contribution in [1.29, 1.82) is 0 Å². The summed E-state index contributed by atoms with van der Waals surface area (Å²) in [6, 6.07) is 22.2. The molecule has 0 amide bonds. The molecule has 0 radical (unpaired) electrons. The van der Waals surface area contributed by atoms with E-state index in [-0.39, 0.29) is 6.42 Å². The smallest absolute Gasteiger partial charge is 0.303 e. The third kappa shape index (κ3) is 4.79. The second kappa shape index (κ2) is 9.08. The number of carbonyl (C=O) groups is 1. The number of carboxylic acid groups (broad SMARTS) is 1. The SMILES string of the molecule is CCCCOc1ccc(-n2c(CCC(=O)O)ccc2-c2ccccc2)cc1. The van der Waals surface area contributed by atoms with Crippen molar-refractivity contribution in [2.24, 2.45) is 0 Å². The molecular weight excluding hydrogens is 338 g/mol. The summed E-state index contributed by atoms with van der Waals surface area (Å²) in [4.78, 5) is 11.0. The summed E-state index contributed by atoms with van der Waals surface area (Å²) in [6.07, 6.45) is 2.74. The molecule has 1 N–H and O–H groups in total. The minimum atomic E-state index is -0.788. The lowest BCUT2D eigenvalue weighted by atomic mass is 10.1. The number of rotatable bonds is 9. The molecular formula is C23H25NO3. The van der Waals surface area contributed by atoms with Crippen LogP contribution in [-0.2, 0) is 11.2 Å². The van der Waals surface area contributed by atoms with Crippen LogP contribution in [0.1, 0.15) is 31.9 Å². The van der Waals surface area contributed by atoms with E-state index in [0.717, 1.165) is 47.8 Å². The van der Waals surface area contributed by atoms with Gasteiger partial charge in [-0.3, -0.25) is 4.79 Å².